The van der Waals surface area contributed by atoms with Crippen LogP contribution in [0.5, 0.6) is 0 Å². The molecule has 5 nitrogen and oxygen atoms in total. The van der Waals surface area contributed by atoms with Crippen molar-refractivity contribution < 1.29 is 81.2 Å². The second-order valence-corrected chi connectivity index (χ2v) is 2.95. The minimum absolute atomic E-state index is 0. The summed E-state index contributed by atoms with van der Waals surface area (Å²) in [5.74, 6) is 0. The van der Waals surface area contributed by atoms with Gasteiger partial charge in [0.25, 0.3) is 0 Å². The maximum absolute atomic E-state index is 8.88. The molecule has 1 rings (SSSR count). The van der Waals surface area contributed by atoms with Crippen LogP contribution in [-0.4, -0.2) is 14.7 Å². The first-order valence-electron chi connectivity index (χ1n) is 2.98. The number of hydrogen-bond acceptors (Lipinski definition) is 2. The van der Waals surface area contributed by atoms with Crippen molar-refractivity contribution >= 4 is 13.5 Å². The molecular weight excluding hydrogens is 227 g/mol. The summed E-state index contributed by atoms with van der Waals surface area (Å²) in [6, 6.07) is 9.49. The maximum Gasteiger partial charge on any atom is 1.00 e. The van der Waals surface area contributed by atoms with Gasteiger partial charge in [0.1, 0.15) is 0 Å². The Morgan fingerprint density at radius 3 is 1.50 bits per heavy atom. The fourth-order valence-electron chi connectivity index (χ4n) is 0.453. The maximum atomic E-state index is 8.88. The molecule has 14 heavy (non-hydrogen) atoms. The third-order valence-electron chi connectivity index (χ3n) is 0.800. The van der Waals surface area contributed by atoms with Gasteiger partial charge in [0, 0.05) is 5.69 Å². The molecule has 0 aromatic heterocycles. The van der Waals surface area contributed by atoms with Gasteiger partial charge in [0.2, 0.25) is 0 Å². The largest absolute Gasteiger partial charge is 1.00 e. The van der Waals surface area contributed by atoms with E-state index in [1.165, 1.54) is 0 Å². The van der Waals surface area contributed by atoms with Crippen LogP contribution in [0.4, 0.5) is 5.69 Å². The number of para-hydroxylation sites is 1. The number of hydrogen-bond donors (Lipinski definition) is 4. The van der Waals surface area contributed by atoms with E-state index in [0.29, 0.717) is 0 Å². The van der Waals surface area contributed by atoms with Gasteiger partial charge in [-0.15, -0.1) is 0 Å². The van der Waals surface area contributed by atoms with Crippen molar-refractivity contribution in [2.24, 2.45) is 0 Å². The van der Waals surface area contributed by atoms with Crippen LogP contribution >= 0.6 is 7.82 Å². The number of nitrogens with two attached hydrogens (primary N) is 1. The summed E-state index contributed by atoms with van der Waals surface area (Å²) >= 11 is 0. The van der Waals surface area contributed by atoms with Gasteiger partial charge < -0.3 is 23.3 Å². The molecule has 0 aliphatic heterocycles. The number of benzene rings is 1. The summed E-state index contributed by atoms with van der Waals surface area (Å²) in [5, 5.41) is 0. The molecule has 72 valence electrons. The van der Waals surface area contributed by atoms with Crippen molar-refractivity contribution in [1.82, 2.24) is 0 Å². The Bertz CT molecular complexity index is 266. The predicted octanol–water partition coefficient (Wildman–Crippen LogP) is -5.43. The zero-order valence-corrected chi connectivity index (χ0v) is 13.1. The Morgan fingerprint density at radius 1 is 1.07 bits per heavy atom. The average Bonchev–Trinajstić information content (AvgIpc) is 1.85. The van der Waals surface area contributed by atoms with E-state index in [0.717, 1.165) is 5.69 Å². The van der Waals surface area contributed by atoms with Crippen LogP contribution in [0.25, 0.3) is 0 Å². The summed E-state index contributed by atoms with van der Waals surface area (Å²) in [6.07, 6.45) is 0. The SMILES string of the molecule is Nc1ccccc1.O=P(O)(O)O.[H-].[H-].[Na+].[Na+]. The smallest absolute Gasteiger partial charge is 1.00 e. The molecule has 1 aromatic rings. The monoisotopic (exact) mass is 239 g/mol. The van der Waals surface area contributed by atoms with Crippen LogP contribution in [0.1, 0.15) is 2.85 Å². The molecule has 0 saturated heterocycles. The standard InChI is InChI=1S/C6H7N.2Na.H3O4P.2H/c7-6-4-2-1-3-5-6;;;1-5(2,3)4;;/h1-5H,7H2;;;(H3,1,2,3,4);;/q;2*+1;;2*-1. The van der Waals surface area contributed by atoms with Crippen LogP contribution in [-0.2, 0) is 4.57 Å². The molecule has 0 fully saturated rings. The molecule has 0 heterocycles. The Kier molecular flexibility index (Phi) is 15.6. The van der Waals surface area contributed by atoms with Crippen molar-refractivity contribution in [1.29, 1.82) is 0 Å². The molecule has 0 aliphatic rings. The van der Waals surface area contributed by atoms with E-state index < -0.39 is 7.82 Å². The topological polar surface area (TPSA) is 104 Å². The van der Waals surface area contributed by atoms with Crippen LogP contribution in [0, 0.1) is 0 Å². The molecule has 0 aliphatic carbocycles. The second kappa shape index (κ2) is 10.6. The summed E-state index contributed by atoms with van der Waals surface area (Å²) in [5.41, 5.74) is 6.18. The third-order valence-corrected chi connectivity index (χ3v) is 0.800. The van der Waals surface area contributed by atoms with Crippen molar-refractivity contribution in [3.63, 3.8) is 0 Å². The zero-order valence-electron chi connectivity index (χ0n) is 10.2. The average molecular weight is 239 g/mol. The number of rotatable bonds is 0. The van der Waals surface area contributed by atoms with E-state index in [4.69, 9.17) is 25.0 Å². The molecule has 0 amide bonds. The summed E-state index contributed by atoms with van der Waals surface area (Å²) in [7, 11) is -4.64. The van der Waals surface area contributed by atoms with Crippen molar-refractivity contribution in [2.75, 3.05) is 5.73 Å². The number of phosphoric acid groups is 1. The first-order chi connectivity index (χ1) is 5.39. The van der Waals surface area contributed by atoms with Gasteiger partial charge in [-0.25, -0.2) is 4.57 Å². The molecule has 0 radical (unpaired) electrons. The van der Waals surface area contributed by atoms with Gasteiger partial charge in [0.15, 0.2) is 0 Å². The Labute approximate surface area is 130 Å². The molecule has 0 unspecified atom stereocenters. The van der Waals surface area contributed by atoms with Gasteiger partial charge in [-0.3, -0.25) is 0 Å². The van der Waals surface area contributed by atoms with Gasteiger partial charge in [-0.1, -0.05) is 18.2 Å². The molecule has 0 atom stereocenters. The summed E-state index contributed by atoms with van der Waals surface area (Å²) in [6.45, 7) is 0. The fraction of sp³-hybridized carbons (Fsp3) is 0. The van der Waals surface area contributed by atoms with E-state index in [2.05, 4.69) is 0 Å². The van der Waals surface area contributed by atoms with Crippen molar-refractivity contribution in [2.45, 2.75) is 0 Å². The van der Waals surface area contributed by atoms with Crippen LogP contribution < -0.4 is 64.8 Å². The Morgan fingerprint density at radius 2 is 1.36 bits per heavy atom. The quantitative estimate of drug-likeness (QED) is 0.205. The molecule has 5 N–H and O–H groups in total. The van der Waals surface area contributed by atoms with E-state index >= 15 is 0 Å². The van der Waals surface area contributed by atoms with Crippen LogP contribution in [0.3, 0.4) is 0 Å². The molecule has 0 spiro atoms. The predicted molar refractivity (Wildman–Crippen MR) is 47.3 cm³/mol. The van der Waals surface area contributed by atoms with Gasteiger partial charge in [-0.2, -0.15) is 0 Å². The minimum atomic E-state index is -4.64. The minimum Gasteiger partial charge on any atom is -1.00 e. The molecule has 1 aromatic carbocycles. The van der Waals surface area contributed by atoms with Gasteiger partial charge in [-0.05, 0) is 12.1 Å². The normalized spacial score (nSPS) is 8.50. The van der Waals surface area contributed by atoms with E-state index in [-0.39, 0.29) is 62.0 Å². The van der Waals surface area contributed by atoms with Gasteiger partial charge >= 0.3 is 66.9 Å². The van der Waals surface area contributed by atoms with E-state index in [1.54, 1.807) is 0 Å². The number of nitrogen functional groups attached to an aromatic ring is 1. The Hall–Kier alpha value is 1.13. The van der Waals surface area contributed by atoms with Gasteiger partial charge in [0.05, 0.1) is 0 Å². The Balaban J connectivity index is -0.0000000419. The molecule has 0 saturated carbocycles. The van der Waals surface area contributed by atoms with Crippen molar-refractivity contribution in [3.8, 4) is 0 Å². The van der Waals surface area contributed by atoms with Crippen LogP contribution in [0.2, 0.25) is 0 Å². The molecular formula is C6H12NNa2O4P. The molecule has 8 heteroatoms. The molecule has 0 bridgehead atoms. The number of anilines is 1. The first-order valence-corrected chi connectivity index (χ1v) is 4.55. The third kappa shape index (κ3) is 23.2. The zero-order chi connectivity index (χ0) is 9.61. The van der Waals surface area contributed by atoms with E-state index in [9.17, 15) is 0 Å². The van der Waals surface area contributed by atoms with Crippen LogP contribution in [0.15, 0.2) is 30.3 Å². The summed E-state index contributed by atoms with van der Waals surface area (Å²) < 4.78 is 8.88. The van der Waals surface area contributed by atoms with E-state index in [1.807, 2.05) is 30.3 Å². The second-order valence-electron chi connectivity index (χ2n) is 1.92. The van der Waals surface area contributed by atoms with Crippen molar-refractivity contribution in [3.05, 3.63) is 30.3 Å². The summed E-state index contributed by atoms with van der Waals surface area (Å²) in [4.78, 5) is 21.6. The fourth-order valence-corrected chi connectivity index (χ4v) is 0.453. The first kappa shape index (κ1) is 20.5.